The molecule has 10 heteroatoms. The lowest BCUT2D eigenvalue weighted by atomic mass is 10.0. The first kappa shape index (κ1) is 28.8. The molecule has 1 aliphatic heterocycles. The van der Waals surface area contributed by atoms with Gasteiger partial charge < -0.3 is 21.3 Å². The van der Waals surface area contributed by atoms with E-state index in [1.807, 2.05) is 51.1 Å². The van der Waals surface area contributed by atoms with Gasteiger partial charge in [0.05, 0.1) is 17.9 Å². The van der Waals surface area contributed by atoms with Gasteiger partial charge in [0.15, 0.2) is 11.5 Å². The fourth-order valence-electron chi connectivity index (χ4n) is 4.12. The second kappa shape index (κ2) is 13.7. The summed E-state index contributed by atoms with van der Waals surface area (Å²) in [6.07, 6.45) is 5.93. The molecule has 3 rings (SSSR count). The van der Waals surface area contributed by atoms with E-state index in [-0.39, 0.29) is 30.0 Å². The van der Waals surface area contributed by atoms with Crippen LogP contribution in [0.5, 0.6) is 0 Å². The number of benzene rings is 1. The summed E-state index contributed by atoms with van der Waals surface area (Å²) in [7, 11) is 1.62. The number of likely N-dealkylation sites (tertiary alicyclic amines) is 1. The van der Waals surface area contributed by atoms with Crippen molar-refractivity contribution >= 4 is 29.2 Å². The van der Waals surface area contributed by atoms with Crippen molar-refractivity contribution in [1.82, 2.24) is 25.1 Å². The van der Waals surface area contributed by atoms with Gasteiger partial charge in [0.2, 0.25) is 11.8 Å². The minimum atomic E-state index is -0.639. The lowest BCUT2D eigenvalue weighted by molar-refractivity contribution is -0.131. The van der Waals surface area contributed by atoms with Crippen molar-refractivity contribution in [3.8, 4) is 0 Å². The number of aromatic nitrogens is 2. The Morgan fingerprint density at radius 3 is 2.50 bits per heavy atom. The fourth-order valence-corrected chi connectivity index (χ4v) is 4.12. The number of hydrogen-bond donors (Lipinski definition) is 3. The molecule has 38 heavy (non-hydrogen) atoms. The van der Waals surface area contributed by atoms with Crippen molar-refractivity contribution in [3.05, 3.63) is 59.1 Å². The molecule has 0 radical (unpaired) electrons. The SMILES string of the molecule is CCc1nc(Nc2cccc([C@H](C)CNC(=O)CN(C)C(=O)/C=C/CN3CCC3)c2)c(C(N)=O)nc1CC. The van der Waals surface area contributed by atoms with E-state index in [2.05, 4.69) is 25.5 Å². The van der Waals surface area contributed by atoms with Crippen molar-refractivity contribution < 1.29 is 14.4 Å². The third-order valence-corrected chi connectivity index (χ3v) is 6.61. The largest absolute Gasteiger partial charge is 0.364 e. The zero-order valence-electron chi connectivity index (χ0n) is 22.8. The van der Waals surface area contributed by atoms with Crippen LogP contribution in [-0.4, -0.2) is 77.3 Å². The van der Waals surface area contributed by atoms with Gasteiger partial charge in [0.1, 0.15) is 0 Å². The zero-order valence-corrected chi connectivity index (χ0v) is 22.8. The molecule has 0 aliphatic carbocycles. The molecule has 4 N–H and O–H groups in total. The van der Waals surface area contributed by atoms with Crippen LogP contribution in [-0.2, 0) is 22.4 Å². The number of nitrogens with two attached hydrogens (primary N) is 1. The monoisotopic (exact) mass is 521 g/mol. The van der Waals surface area contributed by atoms with Crippen LogP contribution in [0, 0.1) is 0 Å². The number of nitrogens with zero attached hydrogens (tertiary/aromatic N) is 4. The molecule has 1 saturated heterocycles. The highest BCUT2D eigenvalue weighted by Crippen LogP contribution is 2.24. The van der Waals surface area contributed by atoms with Gasteiger partial charge in [-0.2, -0.15) is 0 Å². The summed E-state index contributed by atoms with van der Waals surface area (Å²) < 4.78 is 0. The number of likely N-dealkylation sites (N-methyl/N-ethyl adjacent to an activating group) is 1. The van der Waals surface area contributed by atoms with Gasteiger partial charge in [-0.25, -0.2) is 9.97 Å². The van der Waals surface area contributed by atoms with Crippen LogP contribution in [0.2, 0.25) is 0 Å². The highest BCUT2D eigenvalue weighted by Gasteiger charge is 2.18. The molecule has 0 bridgehead atoms. The Hall–Kier alpha value is -3.79. The van der Waals surface area contributed by atoms with E-state index in [9.17, 15) is 14.4 Å². The number of nitrogens with one attached hydrogen (secondary N) is 2. The van der Waals surface area contributed by atoms with Gasteiger partial charge >= 0.3 is 0 Å². The standard InChI is InChI=1S/C28H39N7O3/c1-5-22-23(6-2)33-28(26(32-22)27(29)38)31-21-11-7-10-20(16-21)19(3)17-30-24(36)18-34(4)25(37)12-8-13-35-14-9-15-35/h7-8,10-12,16,19H,5-6,9,13-15,17-18H2,1-4H3,(H2,29,38)(H,30,36)(H,31,33)/b12-8+/t19-/m1/s1. The first-order valence-corrected chi connectivity index (χ1v) is 13.2. The predicted molar refractivity (Wildman–Crippen MR) is 148 cm³/mol. The normalized spacial score (nSPS) is 14.1. The van der Waals surface area contributed by atoms with Gasteiger partial charge in [-0.1, -0.05) is 39.0 Å². The molecule has 1 atom stereocenters. The molecule has 1 aromatic heterocycles. The number of amides is 3. The summed E-state index contributed by atoms with van der Waals surface area (Å²) in [5, 5.41) is 6.11. The van der Waals surface area contributed by atoms with E-state index in [0.717, 1.165) is 42.3 Å². The Morgan fingerprint density at radius 1 is 1.16 bits per heavy atom. The third-order valence-electron chi connectivity index (χ3n) is 6.61. The van der Waals surface area contributed by atoms with Crippen LogP contribution >= 0.6 is 0 Å². The Balaban J connectivity index is 1.57. The molecule has 1 aliphatic rings. The van der Waals surface area contributed by atoms with E-state index < -0.39 is 5.91 Å². The van der Waals surface area contributed by atoms with Crippen molar-refractivity contribution in [3.63, 3.8) is 0 Å². The van der Waals surface area contributed by atoms with E-state index in [0.29, 0.717) is 25.2 Å². The van der Waals surface area contributed by atoms with Gasteiger partial charge in [-0.15, -0.1) is 0 Å². The van der Waals surface area contributed by atoms with E-state index >= 15 is 0 Å². The van der Waals surface area contributed by atoms with Crippen molar-refractivity contribution in [2.45, 2.75) is 46.0 Å². The van der Waals surface area contributed by atoms with E-state index in [1.165, 1.54) is 17.4 Å². The topological polar surface area (TPSA) is 134 Å². The molecule has 2 aromatic rings. The summed E-state index contributed by atoms with van der Waals surface area (Å²) in [5.74, 6) is -0.712. The number of aryl methyl sites for hydroxylation is 2. The van der Waals surface area contributed by atoms with E-state index in [4.69, 9.17) is 5.73 Å². The second-order valence-electron chi connectivity index (χ2n) is 9.59. The maximum absolute atomic E-state index is 12.4. The summed E-state index contributed by atoms with van der Waals surface area (Å²) in [6.45, 7) is 9.27. The minimum Gasteiger partial charge on any atom is -0.364 e. The molecule has 3 amide bonds. The quantitative estimate of drug-likeness (QED) is 0.345. The highest BCUT2D eigenvalue weighted by atomic mass is 16.2. The molecular weight excluding hydrogens is 482 g/mol. The number of carbonyl (C=O) groups is 3. The molecule has 204 valence electrons. The van der Waals surface area contributed by atoms with Crippen molar-refractivity contribution in [1.29, 1.82) is 0 Å². The Bertz CT molecular complexity index is 1180. The second-order valence-corrected chi connectivity index (χ2v) is 9.59. The molecule has 1 fully saturated rings. The first-order chi connectivity index (χ1) is 18.2. The molecule has 0 spiro atoms. The van der Waals surface area contributed by atoms with Crippen LogP contribution in [0.15, 0.2) is 36.4 Å². The molecule has 0 saturated carbocycles. The molecule has 1 aromatic carbocycles. The zero-order chi connectivity index (χ0) is 27.7. The molecule has 0 unspecified atom stereocenters. The number of rotatable bonds is 13. The van der Waals surface area contributed by atoms with Crippen LogP contribution in [0.1, 0.15) is 60.5 Å². The lowest BCUT2D eigenvalue weighted by Gasteiger charge is -2.29. The van der Waals surface area contributed by atoms with Gasteiger partial charge in [-0.3, -0.25) is 19.3 Å². The molecule has 2 heterocycles. The fraction of sp³-hybridized carbons (Fsp3) is 0.464. The van der Waals surface area contributed by atoms with E-state index in [1.54, 1.807) is 7.05 Å². The van der Waals surface area contributed by atoms with Crippen LogP contribution in [0.25, 0.3) is 0 Å². The summed E-state index contributed by atoms with van der Waals surface area (Å²) >= 11 is 0. The summed E-state index contributed by atoms with van der Waals surface area (Å²) in [6, 6.07) is 7.68. The average Bonchev–Trinajstić information content (AvgIpc) is 2.88. The summed E-state index contributed by atoms with van der Waals surface area (Å²) in [5.41, 5.74) is 8.99. The van der Waals surface area contributed by atoms with Gasteiger partial charge in [-0.05, 0) is 56.0 Å². The van der Waals surface area contributed by atoms with Crippen molar-refractivity contribution in [2.75, 3.05) is 45.1 Å². The number of primary amides is 1. The third kappa shape index (κ3) is 7.85. The Morgan fingerprint density at radius 2 is 1.87 bits per heavy atom. The van der Waals surface area contributed by atoms with Crippen LogP contribution in [0.3, 0.4) is 0 Å². The Labute approximate surface area is 224 Å². The first-order valence-electron chi connectivity index (χ1n) is 13.2. The van der Waals surface area contributed by atoms with Crippen molar-refractivity contribution in [2.24, 2.45) is 5.73 Å². The predicted octanol–water partition coefficient (Wildman–Crippen LogP) is 2.38. The molecule has 10 nitrogen and oxygen atoms in total. The van der Waals surface area contributed by atoms with Gasteiger partial charge in [0, 0.05) is 31.9 Å². The maximum Gasteiger partial charge on any atom is 0.271 e. The number of carbonyl (C=O) groups excluding carboxylic acids is 3. The minimum absolute atomic E-state index is 0.00787. The smallest absolute Gasteiger partial charge is 0.271 e. The Kier molecular flexibility index (Phi) is 10.3. The maximum atomic E-state index is 12.4. The highest BCUT2D eigenvalue weighted by molar-refractivity contribution is 5.96. The van der Waals surface area contributed by atoms with Crippen LogP contribution in [0.4, 0.5) is 11.5 Å². The lowest BCUT2D eigenvalue weighted by Crippen LogP contribution is -2.39. The average molecular weight is 522 g/mol. The van der Waals surface area contributed by atoms with Gasteiger partial charge in [0.25, 0.3) is 5.91 Å². The molecular formula is C28H39N7O3. The number of anilines is 2. The number of hydrogen-bond acceptors (Lipinski definition) is 7. The summed E-state index contributed by atoms with van der Waals surface area (Å²) in [4.78, 5) is 49.4. The van der Waals surface area contributed by atoms with Crippen LogP contribution < -0.4 is 16.4 Å².